The van der Waals surface area contributed by atoms with Gasteiger partial charge in [-0.05, 0) is 81.8 Å². The van der Waals surface area contributed by atoms with Crippen LogP contribution in [0.5, 0.6) is 0 Å². The minimum absolute atomic E-state index is 0.121. The third kappa shape index (κ3) is 5.92. The van der Waals surface area contributed by atoms with E-state index in [1.807, 2.05) is 11.9 Å². The lowest BCUT2D eigenvalue weighted by molar-refractivity contribution is 0.180. The number of carbonyl (C=O) groups is 1. The van der Waals surface area contributed by atoms with E-state index in [9.17, 15) is 13.2 Å². The number of anilines is 1. The fraction of sp³-hybridized carbons (Fsp3) is 0.632. The molecule has 0 atom stereocenters. The van der Waals surface area contributed by atoms with Crippen molar-refractivity contribution in [2.24, 2.45) is 11.8 Å². The second-order valence-electron chi connectivity index (χ2n) is 7.57. The minimum Gasteiger partial charge on any atom is -0.325 e. The van der Waals surface area contributed by atoms with Crippen LogP contribution in [-0.4, -0.2) is 52.6 Å². The molecule has 1 aliphatic heterocycles. The van der Waals surface area contributed by atoms with Crippen LogP contribution in [0.15, 0.2) is 29.2 Å². The summed E-state index contributed by atoms with van der Waals surface area (Å²) in [6.07, 6.45) is 5.40. The quantitative estimate of drug-likeness (QED) is 0.631. The number of nitrogens with zero attached hydrogens (tertiary/aromatic N) is 1. The number of rotatable bonds is 8. The van der Waals surface area contributed by atoms with Gasteiger partial charge in [-0.25, -0.2) is 17.9 Å². The van der Waals surface area contributed by atoms with E-state index in [1.54, 1.807) is 12.1 Å². The van der Waals surface area contributed by atoms with Gasteiger partial charge in [-0.3, -0.25) is 0 Å². The highest BCUT2D eigenvalue weighted by molar-refractivity contribution is 7.89. The zero-order chi connectivity index (χ0) is 19.3. The Bertz CT molecular complexity index is 724. The highest BCUT2D eigenvalue weighted by Gasteiger charge is 2.25. The maximum atomic E-state index is 12.4. The van der Waals surface area contributed by atoms with Crippen molar-refractivity contribution in [2.75, 3.05) is 38.5 Å². The Kier molecular flexibility index (Phi) is 6.73. The van der Waals surface area contributed by atoms with Crippen LogP contribution in [0.1, 0.15) is 32.1 Å². The van der Waals surface area contributed by atoms with Crippen molar-refractivity contribution in [3.05, 3.63) is 24.3 Å². The predicted octanol–water partition coefficient (Wildman–Crippen LogP) is 2.23. The SMILES string of the molecule is CNCCC1CCN(C(=O)Nc2ccc(S(=O)(=O)NCC3CC3)cc2)CC1. The molecule has 7 nitrogen and oxygen atoms in total. The summed E-state index contributed by atoms with van der Waals surface area (Å²) in [6, 6.07) is 6.24. The monoisotopic (exact) mass is 394 g/mol. The Balaban J connectivity index is 1.48. The molecule has 3 N–H and O–H groups in total. The second kappa shape index (κ2) is 9.03. The molecule has 0 unspecified atom stereocenters. The first-order valence-corrected chi connectivity index (χ1v) is 11.3. The van der Waals surface area contributed by atoms with Crippen LogP contribution >= 0.6 is 0 Å². The highest BCUT2D eigenvalue weighted by atomic mass is 32.2. The summed E-state index contributed by atoms with van der Waals surface area (Å²) in [5, 5.41) is 6.04. The van der Waals surface area contributed by atoms with Gasteiger partial charge >= 0.3 is 6.03 Å². The lowest BCUT2D eigenvalue weighted by Gasteiger charge is -2.32. The van der Waals surface area contributed by atoms with Crippen LogP contribution in [0.2, 0.25) is 0 Å². The molecular formula is C19H30N4O3S. The standard InChI is InChI=1S/C19H30N4O3S/c1-20-11-8-15-9-12-23(13-10-15)19(24)22-17-4-6-18(7-5-17)27(25,26)21-14-16-2-3-16/h4-7,15-16,20-21H,2-3,8-14H2,1H3,(H,22,24). The predicted molar refractivity (Wildman–Crippen MR) is 106 cm³/mol. The van der Waals surface area contributed by atoms with E-state index < -0.39 is 10.0 Å². The average Bonchev–Trinajstić information content (AvgIpc) is 3.50. The smallest absolute Gasteiger partial charge is 0.321 e. The van der Waals surface area contributed by atoms with Crippen molar-refractivity contribution in [2.45, 2.75) is 37.0 Å². The summed E-state index contributed by atoms with van der Waals surface area (Å²) in [4.78, 5) is 14.5. The zero-order valence-corrected chi connectivity index (χ0v) is 16.7. The number of hydrogen-bond donors (Lipinski definition) is 3. The van der Waals surface area contributed by atoms with Crippen LogP contribution in [0, 0.1) is 11.8 Å². The van der Waals surface area contributed by atoms with E-state index in [4.69, 9.17) is 0 Å². The molecule has 3 rings (SSSR count). The van der Waals surface area contributed by atoms with Crippen LogP contribution < -0.4 is 15.4 Å². The van der Waals surface area contributed by atoms with Crippen LogP contribution in [0.4, 0.5) is 10.5 Å². The van der Waals surface area contributed by atoms with Crippen LogP contribution in [0.25, 0.3) is 0 Å². The molecule has 1 aliphatic carbocycles. The van der Waals surface area contributed by atoms with Gasteiger partial charge in [0.2, 0.25) is 10.0 Å². The molecular weight excluding hydrogens is 364 g/mol. The topological polar surface area (TPSA) is 90.5 Å². The third-order valence-corrected chi connectivity index (χ3v) is 6.82. The Hall–Kier alpha value is -1.64. The maximum Gasteiger partial charge on any atom is 0.321 e. The average molecular weight is 395 g/mol. The van der Waals surface area contributed by atoms with Crippen molar-refractivity contribution >= 4 is 21.7 Å². The first kappa shape index (κ1) is 20.1. The molecule has 0 aromatic heterocycles. The minimum atomic E-state index is -3.47. The molecule has 2 amide bonds. The summed E-state index contributed by atoms with van der Waals surface area (Å²) in [5.74, 6) is 1.16. The van der Waals surface area contributed by atoms with Gasteiger partial charge in [0.1, 0.15) is 0 Å². The molecule has 150 valence electrons. The van der Waals surface area contributed by atoms with Crippen molar-refractivity contribution in [3.8, 4) is 0 Å². The van der Waals surface area contributed by atoms with Crippen molar-refractivity contribution in [3.63, 3.8) is 0 Å². The number of hydrogen-bond acceptors (Lipinski definition) is 4. The van der Waals surface area contributed by atoms with Gasteiger partial charge in [-0.1, -0.05) is 0 Å². The van der Waals surface area contributed by atoms with Gasteiger partial charge in [0.05, 0.1) is 4.90 Å². The molecule has 1 heterocycles. The number of amides is 2. The fourth-order valence-corrected chi connectivity index (χ4v) is 4.44. The summed E-state index contributed by atoms with van der Waals surface area (Å²) in [7, 11) is -1.51. The molecule has 1 saturated heterocycles. The number of nitrogens with one attached hydrogen (secondary N) is 3. The maximum absolute atomic E-state index is 12.4. The van der Waals surface area contributed by atoms with Gasteiger partial charge in [-0.15, -0.1) is 0 Å². The molecule has 0 spiro atoms. The normalized spacial score (nSPS) is 18.5. The molecule has 1 saturated carbocycles. The van der Waals surface area contributed by atoms with Gasteiger partial charge in [0.15, 0.2) is 0 Å². The highest BCUT2D eigenvalue weighted by Crippen LogP contribution is 2.28. The Morgan fingerprint density at radius 3 is 2.33 bits per heavy atom. The fourth-order valence-electron chi connectivity index (χ4n) is 3.33. The summed E-state index contributed by atoms with van der Waals surface area (Å²) >= 11 is 0. The van der Waals surface area contributed by atoms with Gasteiger partial charge < -0.3 is 15.5 Å². The van der Waals surface area contributed by atoms with Gasteiger partial charge in [0.25, 0.3) is 0 Å². The van der Waals surface area contributed by atoms with Crippen molar-refractivity contribution in [1.29, 1.82) is 0 Å². The summed E-state index contributed by atoms with van der Waals surface area (Å²) in [6.45, 7) is 3.04. The molecule has 0 radical (unpaired) electrons. The third-order valence-electron chi connectivity index (χ3n) is 5.38. The van der Waals surface area contributed by atoms with E-state index in [0.717, 1.165) is 51.7 Å². The molecule has 2 aliphatic rings. The Labute approximate surface area is 161 Å². The van der Waals surface area contributed by atoms with Crippen LogP contribution in [-0.2, 0) is 10.0 Å². The number of urea groups is 1. The lowest BCUT2D eigenvalue weighted by atomic mass is 9.94. The second-order valence-corrected chi connectivity index (χ2v) is 9.34. The van der Waals surface area contributed by atoms with Gasteiger partial charge in [-0.2, -0.15) is 0 Å². The molecule has 27 heavy (non-hydrogen) atoms. The van der Waals surface area contributed by atoms with Crippen molar-refractivity contribution < 1.29 is 13.2 Å². The Morgan fingerprint density at radius 2 is 1.74 bits per heavy atom. The number of likely N-dealkylation sites (tertiary alicyclic amines) is 1. The lowest BCUT2D eigenvalue weighted by Crippen LogP contribution is -2.41. The largest absolute Gasteiger partial charge is 0.325 e. The van der Waals surface area contributed by atoms with E-state index >= 15 is 0 Å². The van der Waals surface area contributed by atoms with Crippen LogP contribution in [0.3, 0.4) is 0 Å². The number of benzene rings is 1. The molecule has 0 bridgehead atoms. The number of piperidine rings is 1. The summed E-state index contributed by atoms with van der Waals surface area (Å²) < 4.78 is 27.1. The zero-order valence-electron chi connectivity index (χ0n) is 15.9. The van der Waals surface area contributed by atoms with Gasteiger partial charge in [0, 0.05) is 25.3 Å². The van der Waals surface area contributed by atoms with E-state index in [0.29, 0.717) is 24.1 Å². The number of sulfonamides is 1. The molecule has 8 heteroatoms. The molecule has 2 fully saturated rings. The van der Waals surface area contributed by atoms with E-state index in [1.165, 1.54) is 12.1 Å². The first-order chi connectivity index (χ1) is 13.0. The van der Waals surface area contributed by atoms with E-state index in [2.05, 4.69) is 15.4 Å². The first-order valence-electron chi connectivity index (χ1n) is 9.78. The molecule has 1 aromatic rings. The van der Waals surface area contributed by atoms with E-state index in [-0.39, 0.29) is 10.9 Å². The van der Waals surface area contributed by atoms with Crippen molar-refractivity contribution in [1.82, 2.24) is 14.9 Å². The number of carbonyl (C=O) groups excluding carboxylic acids is 1. The Morgan fingerprint density at radius 1 is 1.07 bits per heavy atom. The summed E-state index contributed by atoms with van der Waals surface area (Å²) in [5.41, 5.74) is 0.610. The molecule has 1 aromatic carbocycles.